The number of carbonyl (C=O) groups is 2. The second-order valence-corrected chi connectivity index (χ2v) is 10.8. The summed E-state index contributed by atoms with van der Waals surface area (Å²) in [7, 11) is -3.65. The summed E-state index contributed by atoms with van der Waals surface area (Å²) in [4.78, 5) is 37.3. The molecule has 3 amide bonds. The van der Waals surface area contributed by atoms with E-state index in [4.69, 9.17) is 4.74 Å². The molecule has 15 nitrogen and oxygen atoms in total. The largest absolute Gasteiger partial charge is 0.387 e. The van der Waals surface area contributed by atoms with Gasteiger partial charge in [0.25, 0.3) is 5.91 Å². The summed E-state index contributed by atoms with van der Waals surface area (Å²) >= 11 is 0. The average molecular weight is 577 g/mol. The summed E-state index contributed by atoms with van der Waals surface area (Å²) < 4.78 is 34.3. The number of ether oxygens (including phenoxy) is 1. The van der Waals surface area contributed by atoms with E-state index < -0.39 is 46.5 Å². The van der Waals surface area contributed by atoms with Gasteiger partial charge in [-0.1, -0.05) is 19.8 Å². The molecule has 3 aromatic rings. The lowest BCUT2D eigenvalue weighted by Crippen LogP contribution is -2.42. The molecule has 4 rings (SSSR count). The van der Waals surface area contributed by atoms with Crippen LogP contribution >= 0.6 is 0 Å². The number of fused-ring (bicyclic) bond motifs is 1. The topological polar surface area (TPSA) is 210 Å². The van der Waals surface area contributed by atoms with Gasteiger partial charge in [0.1, 0.15) is 18.5 Å². The number of aliphatic hydroxyl groups excluding tert-OH is 2. The molecule has 2 aromatic heterocycles. The highest BCUT2D eigenvalue weighted by atomic mass is 32.2. The molecular weight excluding hydrogens is 544 g/mol. The maximum Gasteiger partial charge on any atom is 0.324 e. The number of anilines is 2. The Morgan fingerprint density at radius 3 is 2.48 bits per heavy atom. The molecule has 0 aliphatic carbocycles. The highest BCUT2D eigenvalue weighted by molar-refractivity contribution is 7.89. The van der Waals surface area contributed by atoms with E-state index in [1.54, 1.807) is 6.92 Å². The van der Waals surface area contributed by atoms with Gasteiger partial charge < -0.3 is 25.6 Å². The number of sulfonamides is 1. The Morgan fingerprint density at radius 2 is 1.77 bits per heavy atom. The Bertz CT molecular complexity index is 1450. The zero-order valence-electron chi connectivity index (χ0n) is 21.9. The normalized spacial score (nSPS) is 20.9. The van der Waals surface area contributed by atoms with Crippen molar-refractivity contribution in [2.24, 2.45) is 0 Å². The third-order valence-corrected chi connectivity index (χ3v) is 7.68. The maximum absolute atomic E-state index is 12.7. The molecule has 4 atom stereocenters. The van der Waals surface area contributed by atoms with Crippen LogP contribution in [0.2, 0.25) is 0 Å². The number of nitrogens with zero attached hydrogens (tertiary/aromatic N) is 4. The molecule has 6 N–H and O–H groups in total. The fourth-order valence-electron chi connectivity index (χ4n) is 4.16. The fourth-order valence-corrected chi connectivity index (χ4v) is 5.24. The first-order valence-corrected chi connectivity index (χ1v) is 14.3. The second-order valence-electron chi connectivity index (χ2n) is 9.08. The molecule has 1 aliphatic rings. The lowest BCUT2D eigenvalue weighted by atomic mass is 10.1. The first-order valence-electron chi connectivity index (χ1n) is 12.8. The number of benzene rings is 1. The molecule has 1 unspecified atom stereocenters. The summed E-state index contributed by atoms with van der Waals surface area (Å²) in [6.45, 7) is 4.42. The van der Waals surface area contributed by atoms with Crippen molar-refractivity contribution in [3.8, 4) is 0 Å². The maximum atomic E-state index is 12.7. The van der Waals surface area contributed by atoms with Crippen molar-refractivity contribution in [1.82, 2.24) is 29.6 Å². The number of hydrogen-bond donors (Lipinski definition) is 6. The first kappa shape index (κ1) is 29.3. The molecule has 1 saturated heterocycles. The first-order chi connectivity index (χ1) is 19.2. The van der Waals surface area contributed by atoms with Gasteiger partial charge in [-0.05, 0) is 37.6 Å². The minimum atomic E-state index is -3.65. The molecule has 216 valence electrons. The van der Waals surface area contributed by atoms with Gasteiger partial charge in [0.05, 0.1) is 11.2 Å². The van der Waals surface area contributed by atoms with E-state index in [1.165, 1.54) is 41.5 Å². The lowest BCUT2D eigenvalue weighted by molar-refractivity contribution is -0.137. The van der Waals surface area contributed by atoms with Gasteiger partial charge >= 0.3 is 6.03 Å². The number of urea groups is 1. The smallest absolute Gasteiger partial charge is 0.324 e. The SMILES string of the molecule is CCCCCNS(=O)(=O)c1ccc(NC(=O)Nc2ncnc3c2ncn3[C@@H]2O[C@H](C(=O)NCC)C(O)[C@@H]2O)cc1. The molecule has 3 heterocycles. The summed E-state index contributed by atoms with van der Waals surface area (Å²) in [5.74, 6) is -0.520. The second kappa shape index (κ2) is 12.6. The van der Waals surface area contributed by atoms with Gasteiger partial charge in [-0.2, -0.15) is 0 Å². The Kier molecular flexibility index (Phi) is 9.26. The summed E-state index contributed by atoms with van der Waals surface area (Å²) in [5.41, 5.74) is 0.685. The standard InChI is InChI=1S/C24H32N8O7S/c1-3-5-6-11-29-40(37,38)15-9-7-14(8-10-15)30-24(36)31-20-16-21(27-12-26-20)32(13-28-16)23-18(34)17(33)19(39-23)22(35)25-4-2/h7-10,12-13,17-19,23,29,33-34H,3-6,11H2,1-2H3,(H,25,35)(H2,26,27,30,31,36)/t17?,18-,19-,23+/m0/s1. The number of carbonyl (C=O) groups excluding carboxylic acids is 2. The molecule has 1 aliphatic heterocycles. The highest BCUT2D eigenvalue weighted by Crippen LogP contribution is 2.32. The predicted molar refractivity (Wildman–Crippen MR) is 144 cm³/mol. The Balaban J connectivity index is 1.43. The monoisotopic (exact) mass is 576 g/mol. The van der Waals surface area contributed by atoms with Crippen molar-refractivity contribution in [2.75, 3.05) is 23.7 Å². The Hall–Kier alpha value is -3.70. The molecule has 0 bridgehead atoms. The predicted octanol–water partition coefficient (Wildman–Crippen LogP) is 0.694. The lowest BCUT2D eigenvalue weighted by Gasteiger charge is -2.16. The van der Waals surface area contributed by atoms with Crippen LogP contribution < -0.4 is 20.7 Å². The molecule has 0 radical (unpaired) electrons. The zero-order valence-corrected chi connectivity index (χ0v) is 22.8. The van der Waals surface area contributed by atoms with E-state index in [2.05, 4.69) is 35.6 Å². The van der Waals surface area contributed by atoms with E-state index in [-0.39, 0.29) is 21.9 Å². The van der Waals surface area contributed by atoms with Crippen LogP contribution in [0.25, 0.3) is 11.2 Å². The summed E-state index contributed by atoms with van der Waals surface area (Å²) in [6.07, 6.45) is -0.264. The number of unbranched alkanes of at least 4 members (excludes halogenated alkanes) is 2. The van der Waals surface area contributed by atoms with E-state index in [0.29, 0.717) is 18.8 Å². The number of amides is 3. The Labute approximate surface area is 230 Å². The fraction of sp³-hybridized carbons (Fsp3) is 0.458. The number of nitrogens with one attached hydrogen (secondary N) is 4. The zero-order chi connectivity index (χ0) is 28.9. The van der Waals surface area contributed by atoms with Crippen LogP contribution in [0.5, 0.6) is 0 Å². The number of aliphatic hydroxyl groups is 2. The quantitative estimate of drug-likeness (QED) is 0.176. The molecule has 1 aromatic carbocycles. The number of likely N-dealkylation sites (N-methyl/N-ethyl adjacent to an activating group) is 1. The van der Waals surface area contributed by atoms with Crippen LogP contribution in [0.3, 0.4) is 0 Å². The molecule has 0 spiro atoms. The van der Waals surface area contributed by atoms with Crippen LogP contribution in [0.4, 0.5) is 16.3 Å². The van der Waals surface area contributed by atoms with Gasteiger partial charge in [-0.3, -0.25) is 14.7 Å². The Morgan fingerprint density at radius 1 is 1.02 bits per heavy atom. The van der Waals surface area contributed by atoms with Crippen LogP contribution in [0.1, 0.15) is 39.3 Å². The summed E-state index contributed by atoms with van der Waals surface area (Å²) in [5, 5.41) is 28.5. The van der Waals surface area contributed by atoms with Crippen LogP contribution in [-0.4, -0.2) is 81.5 Å². The average Bonchev–Trinajstić information content (AvgIpc) is 3.48. The van der Waals surface area contributed by atoms with Crippen LogP contribution in [0.15, 0.2) is 41.8 Å². The van der Waals surface area contributed by atoms with Crippen molar-refractivity contribution in [3.05, 3.63) is 36.9 Å². The molecule has 16 heteroatoms. The minimum absolute atomic E-state index is 0.0463. The van der Waals surface area contributed by atoms with Gasteiger partial charge in [-0.25, -0.2) is 32.9 Å². The number of rotatable bonds is 11. The third kappa shape index (κ3) is 6.37. The van der Waals surface area contributed by atoms with E-state index in [1.807, 2.05) is 6.92 Å². The summed E-state index contributed by atoms with van der Waals surface area (Å²) in [6, 6.07) is 5.01. The third-order valence-electron chi connectivity index (χ3n) is 6.21. The molecule has 40 heavy (non-hydrogen) atoms. The van der Waals surface area contributed by atoms with Gasteiger partial charge in [-0.15, -0.1) is 0 Å². The number of aromatic nitrogens is 4. The van der Waals surface area contributed by atoms with E-state index in [0.717, 1.165) is 19.3 Å². The van der Waals surface area contributed by atoms with Crippen molar-refractivity contribution < 1.29 is 33.0 Å². The van der Waals surface area contributed by atoms with Crippen molar-refractivity contribution >= 4 is 44.6 Å². The van der Waals surface area contributed by atoms with Gasteiger partial charge in [0.15, 0.2) is 29.3 Å². The van der Waals surface area contributed by atoms with E-state index in [9.17, 15) is 28.2 Å². The van der Waals surface area contributed by atoms with Crippen molar-refractivity contribution in [3.63, 3.8) is 0 Å². The highest BCUT2D eigenvalue weighted by Gasteiger charge is 2.47. The van der Waals surface area contributed by atoms with E-state index >= 15 is 0 Å². The molecule has 0 saturated carbocycles. The molecule has 1 fully saturated rings. The number of imidazole rings is 1. The van der Waals surface area contributed by atoms with Gasteiger partial charge in [0, 0.05) is 18.8 Å². The minimum Gasteiger partial charge on any atom is -0.387 e. The van der Waals surface area contributed by atoms with Crippen LogP contribution in [0, 0.1) is 0 Å². The van der Waals surface area contributed by atoms with Crippen molar-refractivity contribution in [2.45, 2.75) is 62.5 Å². The number of hydrogen-bond acceptors (Lipinski definition) is 10. The molecular formula is C24H32N8O7S. The van der Waals surface area contributed by atoms with Crippen molar-refractivity contribution in [1.29, 1.82) is 0 Å². The van der Waals surface area contributed by atoms with Crippen LogP contribution in [-0.2, 0) is 19.6 Å². The van der Waals surface area contributed by atoms with Gasteiger partial charge in [0.2, 0.25) is 10.0 Å².